The molecule has 2 aromatic rings. The first-order valence-electron chi connectivity index (χ1n) is 4.99. The Morgan fingerprint density at radius 1 is 1.39 bits per heavy atom. The van der Waals surface area contributed by atoms with E-state index >= 15 is 0 Å². The van der Waals surface area contributed by atoms with Gasteiger partial charge >= 0.3 is 0 Å². The highest BCUT2D eigenvalue weighted by Gasteiger charge is 2.02. The lowest BCUT2D eigenvalue weighted by Crippen LogP contribution is -1.91. The van der Waals surface area contributed by atoms with Gasteiger partial charge in [0.05, 0.1) is 11.1 Å². The molecule has 0 radical (unpaired) electrons. The number of nitro groups is 1. The summed E-state index contributed by atoms with van der Waals surface area (Å²) in [4.78, 5) is 10.0. The fourth-order valence-corrected chi connectivity index (χ4v) is 1.73. The normalized spacial score (nSPS) is 10.7. The van der Waals surface area contributed by atoms with Crippen molar-refractivity contribution in [2.24, 2.45) is 5.10 Å². The molecule has 18 heavy (non-hydrogen) atoms. The van der Waals surface area contributed by atoms with Crippen molar-refractivity contribution in [2.75, 3.05) is 5.43 Å². The maximum atomic E-state index is 10.5. The van der Waals surface area contributed by atoms with E-state index in [9.17, 15) is 10.1 Å². The minimum atomic E-state index is -0.441. The number of benzene rings is 1. The van der Waals surface area contributed by atoms with Crippen molar-refractivity contribution >= 4 is 28.4 Å². The molecule has 1 aromatic heterocycles. The smallest absolute Gasteiger partial charge is 0.258 e. The van der Waals surface area contributed by atoms with Gasteiger partial charge in [-0.05, 0) is 24.6 Å². The van der Waals surface area contributed by atoms with E-state index in [1.165, 1.54) is 23.5 Å². The summed E-state index contributed by atoms with van der Waals surface area (Å²) in [6.07, 6.45) is 1.56. The molecule has 0 bridgehead atoms. The van der Waals surface area contributed by atoms with Gasteiger partial charge in [0.2, 0.25) is 5.13 Å². The van der Waals surface area contributed by atoms with Crippen LogP contribution < -0.4 is 5.43 Å². The molecule has 0 aliphatic rings. The minimum Gasteiger partial charge on any atom is -0.258 e. The van der Waals surface area contributed by atoms with Crippen LogP contribution in [0.2, 0.25) is 0 Å². The van der Waals surface area contributed by atoms with Crippen LogP contribution in [0.4, 0.5) is 10.8 Å². The van der Waals surface area contributed by atoms with Gasteiger partial charge in [0.15, 0.2) is 0 Å². The molecule has 1 heterocycles. The van der Waals surface area contributed by atoms with Gasteiger partial charge < -0.3 is 0 Å². The largest absolute Gasteiger partial charge is 0.269 e. The molecule has 0 aliphatic heterocycles. The Hall–Kier alpha value is -2.35. The van der Waals surface area contributed by atoms with Crippen LogP contribution in [0.3, 0.4) is 0 Å². The SMILES string of the molecule is Cc1nnc(N/N=C\c2ccc([N+](=O)[O-])cc2)s1. The van der Waals surface area contributed by atoms with Crippen molar-refractivity contribution in [3.05, 3.63) is 45.0 Å². The monoisotopic (exact) mass is 263 g/mol. The molecular weight excluding hydrogens is 254 g/mol. The lowest BCUT2D eigenvalue weighted by atomic mass is 10.2. The van der Waals surface area contributed by atoms with Crippen molar-refractivity contribution in [1.82, 2.24) is 10.2 Å². The van der Waals surface area contributed by atoms with E-state index in [2.05, 4.69) is 20.7 Å². The number of non-ortho nitro benzene ring substituents is 1. The Morgan fingerprint density at radius 2 is 2.11 bits per heavy atom. The van der Waals surface area contributed by atoms with Crippen LogP contribution in [-0.2, 0) is 0 Å². The minimum absolute atomic E-state index is 0.0554. The second-order valence-corrected chi connectivity index (χ2v) is 4.53. The number of hydrogen-bond donors (Lipinski definition) is 1. The van der Waals surface area contributed by atoms with Crippen LogP contribution in [0.1, 0.15) is 10.6 Å². The highest BCUT2D eigenvalue weighted by atomic mass is 32.1. The number of anilines is 1. The predicted molar refractivity (Wildman–Crippen MR) is 69.0 cm³/mol. The molecule has 8 heteroatoms. The molecule has 0 amide bonds. The van der Waals surface area contributed by atoms with E-state index in [0.29, 0.717) is 5.13 Å². The van der Waals surface area contributed by atoms with Crippen molar-refractivity contribution in [1.29, 1.82) is 0 Å². The van der Waals surface area contributed by atoms with Crippen LogP contribution in [0.25, 0.3) is 0 Å². The highest BCUT2D eigenvalue weighted by Crippen LogP contribution is 2.13. The number of hydrogen-bond acceptors (Lipinski definition) is 7. The van der Waals surface area contributed by atoms with Gasteiger partial charge in [-0.1, -0.05) is 11.3 Å². The van der Waals surface area contributed by atoms with Gasteiger partial charge in [-0.25, -0.2) is 0 Å². The van der Waals surface area contributed by atoms with Crippen molar-refractivity contribution < 1.29 is 4.92 Å². The zero-order valence-electron chi connectivity index (χ0n) is 9.40. The van der Waals surface area contributed by atoms with Gasteiger partial charge in [-0.15, -0.1) is 10.2 Å². The maximum absolute atomic E-state index is 10.5. The number of nitro benzene ring substituents is 1. The average Bonchev–Trinajstić information content (AvgIpc) is 2.76. The van der Waals surface area contributed by atoms with E-state index in [-0.39, 0.29) is 5.69 Å². The summed E-state index contributed by atoms with van der Waals surface area (Å²) in [5, 5.41) is 23.5. The van der Waals surface area contributed by atoms with Crippen LogP contribution >= 0.6 is 11.3 Å². The summed E-state index contributed by atoms with van der Waals surface area (Å²) >= 11 is 1.39. The van der Waals surface area contributed by atoms with E-state index in [4.69, 9.17) is 0 Å². The third kappa shape index (κ3) is 3.08. The molecule has 0 saturated carbocycles. The summed E-state index contributed by atoms with van der Waals surface area (Å²) in [6, 6.07) is 6.09. The Bertz CT molecular complexity index is 578. The quantitative estimate of drug-likeness (QED) is 0.518. The zero-order valence-corrected chi connectivity index (χ0v) is 10.2. The van der Waals surface area contributed by atoms with Crippen LogP contribution in [0.15, 0.2) is 29.4 Å². The molecule has 7 nitrogen and oxygen atoms in total. The Kier molecular flexibility index (Phi) is 3.58. The van der Waals surface area contributed by atoms with Gasteiger partial charge in [0.1, 0.15) is 5.01 Å². The fourth-order valence-electron chi connectivity index (χ4n) is 1.19. The zero-order chi connectivity index (χ0) is 13.0. The lowest BCUT2D eigenvalue weighted by Gasteiger charge is -1.94. The Labute approximate surface area is 106 Å². The number of rotatable bonds is 4. The molecule has 92 valence electrons. The van der Waals surface area contributed by atoms with Gasteiger partial charge in [-0.2, -0.15) is 5.10 Å². The third-order valence-electron chi connectivity index (χ3n) is 2.00. The van der Waals surface area contributed by atoms with E-state index < -0.39 is 4.92 Å². The molecule has 0 atom stereocenters. The van der Waals surface area contributed by atoms with E-state index in [0.717, 1.165) is 10.6 Å². The Balaban J connectivity index is 1.98. The summed E-state index contributed by atoms with van der Waals surface area (Å²) in [5.74, 6) is 0. The van der Waals surface area contributed by atoms with Crippen LogP contribution in [-0.4, -0.2) is 21.3 Å². The third-order valence-corrected chi connectivity index (χ3v) is 2.75. The summed E-state index contributed by atoms with van der Waals surface area (Å²) in [6.45, 7) is 1.85. The first kappa shape index (κ1) is 12.1. The number of hydrazone groups is 1. The fraction of sp³-hybridized carbons (Fsp3) is 0.100. The number of aryl methyl sites for hydroxylation is 1. The molecule has 2 rings (SSSR count). The van der Waals surface area contributed by atoms with Crippen molar-refractivity contribution in [3.8, 4) is 0 Å². The summed E-state index contributed by atoms with van der Waals surface area (Å²) in [5.41, 5.74) is 3.55. The van der Waals surface area contributed by atoms with Crippen molar-refractivity contribution in [3.63, 3.8) is 0 Å². The molecule has 1 aromatic carbocycles. The molecule has 0 saturated heterocycles. The van der Waals surface area contributed by atoms with Gasteiger partial charge in [0, 0.05) is 12.1 Å². The second kappa shape index (κ2) is 5.32. The van der Waals surface area contributed by atoms with Crippen LogP contribution in [0.5, 0.6) is 0 Å². The first-order chi connectivity index (χ1) is 8.65. The lowest BCUT2D eigenvalue weighted by molar-refractivity contribution is -0.384. The number of nitrogens with one attached hydrogen (secondary N) is 1. The topological polar surface area (TPSA) is 93.3 Å². The Morgan fingerprint density at radius 3 is 2.67 bits per heavy atom. The average molecular weight is 263 g/mol. The number of nitrogens with zero attached hydrogens (tertiary/aromatic N) is 4. The van der Waals surface area contributed by atoms with Gasteiger partial charge in [-0.3, -0.25) is 15.5 Å². The standard InChI is InChI=1S/C10H9N5O2S/c1-7-12-14-10(18-7)13-11-6-8-2-4-9(5-3-8)15(16)17/h2-6H,1H3,(H,13,14)/b11-6-. The van der Waals surface area contributed by atoms with E-state index in [1.807, 2.05) is 6.92 Å². The molecule has 0 unspecified atom stereocenters. The molecule has 0 aliphatic carbocycles. The van der Waals surface area contributed by atoms with E-state index in [1.54, 1.807) is 18.3 Å². The molecule has 1 N–H and O–H groups in total. The van der Waals surface area contributed by atoms with Crippen molar-refractivity contribution in [2.45, 2.75) is 6.92 Å². The summed E-state index contributed by atoms with van der Waals surface area (Å²) in [7, 11) is 0. The molecular formula is C10H9N5O2S. The predicted octanol–water partition coefficient (Wildman–Crippen LogP) is 2.20. The van der Waals surface area contributed by atoms with Gasteiger partial charge in [0.25, 0.3) is 5.69 Å². The highest BCUT2D eigenvalue weighted by molar-refractivity contribution is 7.15. The second-order valence-electron chi connectivity index (χ2n) is 3.34. The van der Waals surface area contributed by atoms with Crippen LogP contribution in [0, 0.1) is 17.0 Å². The molecule has 0 spiro atoms. The first-order valence-corrected chi connectivity index (χ1v) is 5.80. The summed E-state index contributed by atoms with van der Waals surface area (Å²) < 4.78 is 0. The molecule has 0 fully saturated rings. The maximum Gasteiger partial charge on any atom is 0.269 e. The number of aromatic nitrogens is 2.